The summed E-state index contributed by atoms with van der Waals surface area (Å²) in [5.74, 6) is 0.805. The third-order valence-electron chi connectivity index (χ3n) is 5.56. The number of hydrogen-bond acceptors (Lipinski definition) is 4. The highest BCUT2D eigenvalue weighted by Gasteiger charge is 2.44. The minimum Gasteiger partial charge on any atom is -0.487 e. The first-order chi connectivity index (χ1) is 13.1. The van der Waals surface area contributed by atoms with Crippen LogP contribution in [0.4, 0.5) is 0 Å². The standard InChI is InChI=1S/C21H23N3O3/c1-15(25)24-12-8-21(9-13-24)14-18(17-4-2-3-5-19(17)27-21)23-20(26)16-6-10-22-11-7-16/h2-7,10-11,18H,8-9,12-14H2,1H3,(H,23,26). The maximum absolute atomic E-state index is 12.7. The molecule has 1 unspecified atom stereocenters. The summed E-state index contributed by atoms with van der Waals surface area (Å²) in [6.45, 7) is 2.97. The molecule has 6 heteroatoms. The summed E-state index contributed by atoms with van der Waals surface area (Å²) in [6, 6.07) is 11.2. The molecule has 2 aliphatic rings. The lowest BCUT2D eigenvalue weighted by molar-refractivity contribution is -0.132. The number of rotatable bonds is 2. The third-order valence-corrected chi connectivity index (χ3v) is 5.56. The van der Waals surface area contributed by atoms with Crippen LogP contribution in [0.15, 0.2) is 48.8 Å². The van der Waals surface area contributed by atoms with Gasteiger partial charge in [0, 0.05) is 62.8 Å². The van der Waals surface area contributed by atoms with E-state index < -0.39 is 0 Å². The summed E-state index contributed by atoms with van der Waals surface area (Å²) in [5, 5.41) is 3.17. The first-order valence-electron chi connectivity index (χ1n) is 9.31. The Bertz CT molecular complexity index is 845. The van der Waals surface area contributed by atoms with Gasteiger partial charge in [-0.05, 0) is 18.2 Å². The van der Waals surface area contributed by atoms with Gasteiger partial charge in [-0.25, -0.2) is 0 Å². The van der Waals surface area contributed by atoms with E-state index in [-0.39, 0.29) is 23.5 Å². The summed E-state index contributed by atoms with van der Waals surface area (Å²) < 4.78 is 6.41. The molecule has 1 fully saturated rings. The number of pyridine rings is 1. The van der Waals surface area contributed by atoms with Crippen molar-refractivity contribution < 1.29 is 14.3 Å². The normalized spacial score (nSPS) is 20.5. The fourth-order valence-electron chi connectivity index (χ4n) is 4.03. The number of likely N-dealkylation sites (tertiary alicyclic amines) is 1. The first-order valence-corrected chi connectivity index (χ1v) is 9.31. The molecule has 1 aromatic heterocycles. The topological polar surface area (TPSA) is 71.5 Å². The maximum Gasteiger partial charge on any atom is 0.251 e. The van der Waals surface area contributed by atoms with Gasteiger partial charge < -0.3 is 15.0 Å². The van der Waals surface area contributed by atoms with Gasteiger partial charge in [-0.2, -0.15) is 0 Å². The zero-order valence-electron chi connectivity index (χ0n) is 15.4. The molecule has 4 rings (SSSR count). The second kappa shape index (κ2) is 7.02. The molecule has 1 aromatic carbocycles. The van der Waals surface area contributed by atoms with Crippen molar-refractivity contribution in [3.8, 4) is 5.75 Å². The van der Waals surface area contributed by atoms with E-state index in [1.807, 2.05) is 29.2 Å². The number of carbonyl (C=O) groups excluding carboxylic acids is 2. The summed E-state index contributed by atoms with van der Waals surface area (Å²) in [5.41, 5.74) is 1.24. The highest BCUT2D eigenvalue weighted by Crippen LogP contribution is 2.44. The van der Waals surface area contributed by atoms with Crippen molar-refractivity contribution in [1.82, 2.24) is 15.2 Å². The number of hydrogen-bond donors (Lipinski definition) is 1. The van der Waals surface area contributed by atoms with Crippen LogP contribution >= 0.6 is 0 Å². The van der Waals surface area contributed by atoms with Crippen LogP contribution < -0.4 is 10.1 Å². The van der Waals surface area contributed by atoms with Crippen molar-refractivity contribution in [3.63, 3.8) is 0 Å². The SMILES string of the molecule is CC(=O)N1CCC2(CC1)CC(NC(=O)c1ccncc1)c1ccccc1O2. The summed E-state index contributed by atoms with van der Waals surface area (Å²) in [6.07, 6.45) is 5.47. The number of carbonyl (C=O) groups is 2. The van der Waals surface area contributed by atoms with Crippen LogP contribution in [0.2, 0.25) is 0 Å². The molecule has 0 aliphatic carbocycles. The van der Waals surface area contributed by atoms with Gasteiger partial charge in [0.15, 0.2) is 0 Å². The molecule has 3 heterocycles. The van der Waals surface area contributed by atoms with Crippen molar-refractivity contribution in [2.75, 3.05) is 13.1 Å². The Morgan fingerprint density at radius 3 is 2.56 bits per heavy atom. The van der Waals surface area contributed by atoms with E-state index >= 15 is 0 Å². The molecule has 2 amide bonds. The molecule has 1 atom stereocenters. The van der Waals surface area contributed by atoms with E-state index in [1.165, 1.54) is 0 Å². The first kappa shape index (κ1) is 17.5. The molecule has 0 saturated carbocycles. The molecule has 1 spiro atoms. The van der Waals surface area contributed by atoms with E-state index in [9.17, 15) is 9.59 Å². The van der Waals surface area contributed by atoms with Gasteiger partial charge >= 0.3 is 0 Å². The number of aromatic nitrogens is 1. The smallest absolute Gasteiger partial charge is 0.251 e. The molecule has 1 N–H and O–H groups in total. The van der Waals surface area contributed by atoms with Gasteiger partial charge in [0.25, 0.3) is 5.91 Å². The molecule has 1 saturated heterocycles. The second-order valence-electron chi connectivity index (χ2n) is 7.30. The van der Waals surface area contributed by atoms with Gasteiger partial charge in [-0.15, -0.1) is 0 Å². The van der Waals surface area contributed by atoms with E-state index in [0.717, 1.165) is 24.2 Å². The monoisotopic (exact) mass is 365 g/mol. The van der Waals surface area contributed by atoms with Crippen LogP contribution in [0.25, 0.3) is 0 Å². The van der Waals surface area contributed by atoms with E-state index in [4.69, 9.17) is 4.74 Å². The molecule has 140 valence electrons. The van der Waals surface area contributed by atoms with Crippen molar-refractivity contribution in [1.29, 1.82) is 0 Å². The molecule has 0 bridgehead atoms. The average Bonchev–Trinajstić information content (AvgIpc) is 2.69. The summed E-state index contributed by atoms with van der Waals surface area (Å²) >= 11 is 0. The number of nitrogens with zero attached hydrogens (tertiary/aromatic N) is 2. The molecular formula is C21H23N3O3. The van der Waals surface area contributed by atoms with E-state index in [2.05, 4.69) is 10.3 Å². The number of benzene rings is 1. The predicted molar refractivity (Wildman–Crippen MR) is 100 cm³/mol. The lowest BCUT2D eigenvalue weighted by Gasteiger charge is -2.46. The molecule has 2 aromatic rings. The van der Waals surface area contributed by atoms with Crippen LogP contribution in [0.5, 0.6) is 5.75 Å². The van der Waals surface area contributed by atoms with Crippen LogP contribution in [-0.2, 0) is 4.79 Å². The highest BCUT2D eigenvalue weighted by molar-refractivity contribution is 5.94. The largest absolute Gasteiger partial charge is 0.487 e. The number of ether oxygens (including phenoxy) is 1. The zero-order chi connectivity index (χ0) is 18.9. The Labute approximate surface area is 158 Å². The predicted octanol–water partition coefficient (Wildman–Crippen LogP) is 2.72. The Morgan fingerprint density at radius 2 is 1.85 bits per heavy atom. The van der Waals surface area contributed by atoms with Crippen LogP contribution in [0, 0.1) is 0 Å². The van der Waals surface area contributed by atoms with Gasteiger partial charge in [-0.1, -0.05) is 18.2 Å². The van der Waals surface area contributed by atoms with E-state index in [0.29, 0.717) is 25.1 Å². The molecular weight excluding hydrogens is 342 g/mol. The molecule has 27 heavy (non-hydrogen) atoms. The minimum absolute atomic E-state index is 0.101. The fourth-order valence-corrected chi connectivity index (χ4v) is 4.03. The summed E-state index contributed by atoms with van der Waals surface area (Å²) in [7, 11) is 0. The van der Waals surface area contributed by atoms with Crippen LogP contribution in [0.1, 0.15) is 48.1 Å². The Morgan fingerprint density at radius 1 is 1.15 bits per heavy atom. The number of fused-ring (bicyclic) bond motifs is 1. The number of piperidine rings is 1. The lowest BCUT2D eigenvalue weighted by atomic mass is 9.80. The van der Waals surface area contributed by atoms with Gasteiger partial charge in [0.05, 0.1) is 6.04 Å². The third kappa shape index (κ3) is 3.52. The Hall–Kier alpha value is -2.89. The fraction of sp³-hybridized carbons (Fsp3) is 0.381. The zero-order valence-corrected chi connectivity index (χ0v) is 15.4. The molecule has 6 nitrogen and oxygen atoms in total. The Kier molecular flexibility index (Phi) is 4.56. The van der Waals surface area contributed by atoms with Crippen molar-refractivity contribution >= 4 is 11.8 Å². The van der Waals surface area contributed by atoms with Crippen molar-refractivity contribution in [2.24, 2.45) is 0 Å². The van der Waals surface area contributed by atoms with E-state index in [1.54, 1.807) is 31.5 Å². The second-order valence-corrected chi connectivity index (χ2v) is 7.30. The lowest BCUT2D eigenvalue weighted by Crippen LogP contribution is -2.53. The number of nitrogens with one attached hydrogen (secondary N) is 1. The molecule has 2 aliphatic heterocycles. The van der Waals surface area contributed by atoms with Gasteiger partial charge in [-0.3, -0.25) is 14.6 Å². The quantitative estimate of drug-likeness (QED) is 0.888. The Balaban J connectivity index is 1.57. The summed E-state index contributed by atoms with van der Waals surface area (Å²) in [4.78, 5) is 30.2. The van der Waals surface area contributed by atoms with Crippen LogP contribution in [0.3, 0.4) is 0 Å². The van der Waals surface area contributed by atoms with Crippen molar-refractivity contribution in [2.45, 2.75) is 37.8 Å². The van der Waals surface area contributed by atoms with Crippen molar-refractivity contribution in [3.05, 3.63) is 59.9 Å². The maximum atomic E-state index is 12.7. The van der Waals surface area contributed by atoms with Crippen LogP contribution in [-0.4, -0.2) is 40.4 Å². The minimum atomic E-state index is -0.351. The number of para-hydroxylation sites is 1. The highest BCUT2D eigenvalue weighted by atomic mass is 16.5. The molecule has 0 radical (unpaired) electrons. The average molecular weight is 365 g/mol. The number of amides is 2. The van der Waals surface area contributed by atoms with Gasteiger partial charge in [0.1, 0.15) is 11.4 Å². The van der Waals surface area contributed by atoms with Gasteiger partial charge in [0.2, 0.25) is 5.91 Å².